The Morgan fingerprint density at radius 1 is 1.30 bits per heavy atom. The third-order valence-corrected chi connectivity index (χ3v) is 5.37. The van der Waals surface area contributed by atoms with Crippen molar-refractivity contribution in [3.63, 3.8) is 0 Å². The number of likely N-dealkylation sites (tertiary alicyclic amines) is 1. The Hall–Kier alpha value is -0.870. The molecule has 0 aromatic heterocycles. The third kappa shape index (κ3) is 2.63. The maximum absolute atomic E-state index is 12.6. The predicted octanol–water partition coefficient (Wildman–Crippen LogP) is 2.89. The average molecular weight is 337 g/mol. The first-order chi connectivity index (χ1) is 9.66. The summed E-state index contributed by atoms with van der Waals surface area (Å²) in [4.78, 5) is 17.2. The van der Waals surface area contributed by atoms with Crippen molar-refractivity contribution in [1.29, 1.82) is 0 Å². The highest BCUT2D eigenvalue weighted by Gasteiger charge is 2.31. The van der Waals surface area contributed by atoms with Gasteiger partial charge < -0.3 is 4.90 Å². The Morgan fingerprint density at radius 2 is 2.10 bits per heavy atom. The van der Waals surface area contributed by atoms with Crippen molar-refractivity contribution >= 4 is 21.8 Å². The van der Waals surface area contributed by atoms with Crippen molar-refractivity contribution in [1.82, 2.24) is 9.80 Å². The number of benzene rings is 1. The van der Waals surface area contributed by atoms with Crippen LogP contribution in [0.3, 0.4) is 0 Å². The molecule has 2 aliphatic rings. The molecule has 3 nitrogen and oxygen atoms in total. The van der Waals surface area contributed by atoms with Gasteiger partial charge in [0.05, 0.1) is 4.95 Å². The van der Waals surface area contributed by atoms with Crippen LogP contribution in [0.25, 0.3) is 0 Å². The Bertz CT molecular complexity index is 505. The lowest BCUT2D eigenvalue weighted by molar-refractivity contribution is 0.0698. The van der Waals surface area contributed by atoms with Crippen LogP contribution in [0, 0.1) is 0 Å². The van der Waals surface area contributed by atoms with Crippen LogP contribution in [-0.4, -0.2) is 46.3 Å². The fourth-order valence-corrected chi connectivity index (χ4v) is 4.02. The van der Waals surface area contributed by atoms with E-state index in [2.05, 4.69) is 33.8 Å². The standard InChI is InChI=1S/C16H21BrN2O/c1-12-5-4-8-18(12)9-10-19-15(17)11-13-6-2-3-7-14(13)16(19)20/h2-3,6-7,12,15H,4-5,8-11H2,1H3. The Labute approximate surface area is 129 Å². The number of fused-ring (bicyclic) bond motifs is 1. The molecule has 2 aliphatic heterocycles. The fraction of sp³-hybridized carbons (Fsp3) is 0.562. The van der Waals surface area contributed by atoms with Gasteiger partial charge in [0.15, 0.2) is 0 Å². The molecule has 2 atom stereocenters. The normalized spacial score (nSPS) is 26.9. The molecule has 0 saturated carbocycles. The van der Waals surface area contributed by atoms with Gasteiger partial charge in [0.1, 0.15) is 0 Å². The molecule has 108 valence electrons. The fourth-order valence-electron chi connectivity index (χ4n) is 3.28. The van der Waals surface area contributed by atoms with E-state index in [1.54, 1.807) is 0 Å². The highest BCUT2D eigenvalue weighted by atomic mass is 79.9. The summed E-state index contributed by atoms with van der Waals surface area (Å²) in [5.41, 5.74) is 2.03. The van der Waals surface area contributed by atoms with E-state index in [1.807, 2.05) is 23.1 Å². The summed E-state index contributed by atoms with van der Waals surface area (Å²) in [6.45, 7) is 5.25. The summed E-state index contributed by atoms with van der Waals surface area (Å²) >= 11 is 3.68. The molecule has 0 N–H and O–H groups in total. The second-order valence-corrected chi connectivity index (χ2v) is 6.88. The maximum Gasteiger partial charge on any atom is 0.255 e. The van der Waals surface area contributed by atoms with Crippen molar-refractivity contribution in [2.75, 3.05) is 19.6 Å². The van der Waals surface area contributed by atoms with Gasteiger partial charge in [-0.1, -0.05) is 34.1 Å². The molecule has 1 aromatic carbocycles. The van der Waals surface area contributed by atoms with Crippen molar-refractivity contribution < 1.29 is 4.79 Å². The SMILES string of the molecule is CC1CCCN1CCN1C(=O)c2ccccc2CC1Br. The number of hydrogen-bond donors (Lipinski definition) is 0. The zero-order chi connectivity index (χ0) is 14.1. The number of halogens is 1. The van der Waals surface area contributed by atoms with Gasteiger partial charge in [-0.15, -0.1) is 0 Å². The van der Waals surface area contributed by atoms with Crippen molar-refractivity contribution in [2.45, 2.75) is 37.2 Å². The molecule has 3 rings (SSSR count). The first-order valence-corrected chi connectivity index (χ1v) is 8.35. The number of amides is 1. The highest BCUT2D eigenvalue weighted by Crippen LogP contribution is 2.26. The molecule has 0 radical (unpaired) electrons. The van der Waals surface area contributed by atoms with E-state index in [0.717, 1.165) is 30.6 Å². The number of alkyl halides is 1. The predicted molar refractivity (Wildman–Crippen MR) is 84.2 cm³/mol. The number of nitrogens with zero attached hydrogens (tertiary/aromatic N) is 2. The van der Waals surface area contributed by atoms with E-state index in [1.165, 1.54) is 19.4 Å². The van der Waals surface area contributed by atoms with Crippen LogP contribution in [0.5, 0.6) is 0 Å². The van der Waals surface area contributed by atoms with Crippen LogP contribution in [0.4, 0.5) is 0 Å². The molecule has 2 heterocycles. The zero-order valence-electron chi connectivity index (χ0n) is 11.9. The second kappa shape index (κ2) is 5.86. The van der Waals surface area contributed by atoms with Gasteiger partial charge >= 0.3 is 0 Å². The van der Waals surface area contributed by atoms with Crippen LogP contribution in [0.15, 0.2) is 24.3 Å². The third-order valence-electron chi connectivity index (χ3n) is 4.55. The zero-order valence-corrected chi connectivity index (χ0v) is 13.5. The van der Waals surface area contributed by atoms with Gasteiger partial charge in [-0.2, -0.15) is 0 Å². The van der Waals surface area contributed by atoms with Crippen molar-refractivity contribution in [3.05, 3.63) is 35.4 Å². The van der Waals surface area contributed by atoms with E-state index in [4.69, 9.17) is 0 Å². The van der Waals surface area contributed by atoms with Gasteiger partial charge in [-0.05, 0) is 37.9 Å². The summed E-state index contributed by atoms with van der Waals surface area (Å²) in [5.74, 6) is 0.167. The molecule has 4 heteroatoms. The van der Waals surface area contributed by atoms with E-state index in [-0.39, 0.29) is 10.9 Å². The monoisotopic (exact) mass is 336 g/mol. The van der Waals surface area contributed by atoms with E-state index < -0.39 is 0 Å². The number of carbonyl (C=O) groups is 1. The minimum absolute atomic E-state index is 0.128. The molecule has 0 spiro atoms. The number of hydrogen-bond acceptors (Lipinski definition) is 2. The highest BCUT2D eigenvalue weighted by molar-refractivity contribution is 9.09. The second-order valence-electron chi connectivity index (χ2n) is 5.82. The molecule has 20 heavy (non-hydrogen) atoms. The summed E-state index contributed by atoms with van der Waals surface area (Å²) in [6.07, 6.45) is 3.47. The first kappa shape index (κ1) is 14.1. The molecule has 0 aliphatic carbocycles. The molecule has 2 unspecified atom stereocenters. The summed E-state index contributed by atoms with van der Waals surface area (Å²) in [5, 5.41) is 0. The minimum atomic E-state index is 0.128. The van der Waals surface area contributed by atoms with E-state index in [9.17, 15) is 4.79 Å². The first-order valence-electron chi connectivity index (χ1n) is 7.44. The summed E-state index contributed by atoms with van der Waals surface area (Å²) < 4.78 is 0. The minimum Gasteiger partial charge on any atom is -0.324 e. The van der Waals surface area contributed by atoms with Crippen LogP contribution in [0.1, 0.15) is 35.7 Å². The quantitative estimate of drug-likeness (QED) is 0.625. The maximum atomic E-state index is 12.6. The summed E-state index contributed by atoms with van der Waals surface area (Å²) in [7, 11) is 0. The lowest BCUT2D eigenvalue weighted by atomic mass is 9.99. The van der Waals surface area contributed by atoms with Crippen LogP contribution < -0.4 is 0 Å². The largest absolute Gasteiger partial charge is 0.324 e. The van der Waals surface area contributed by atoms with Gasteiger partial charge in [0, 0.05) is 31.1 Å². The summed E-state index contributed by atoms with van der Waals surface area (Å²) in [6, 6.07) is 8.62. The Morgan fingerprint density at radius 3 is 2.85 bits per heavy atom. The van der Waals surface area contributed by atoms with Crippen molar-refractivity contribution in [2.24, 2.45) is 0 Å². The van der Waals surface area contributed by atoms with Crippen LogP contribution >= 0.6 is 15.9 Å². The van der Waals surface area contributed by atoms with E-state index in [0.29, 0.717) is 6.04 Å². The number of carbonyl (C=O) groups excluding carboxylic acids is 1. The lowest BCUT2D eigenvalue weighted by Crippen LogP contribution is -2.46. The smallest absolute Gasteiger partial charge is 0.255 e. The Kier molecular flexibility index (Phi) is 4.13. The van der Waals surface area contributed by atoms with Gasteiger partial charge in [0.2, 0.25) is 0 Å². The molecule has 1 amide bonds. The molecular formula is C16H21BrN2O. The van der Waals surface area contributed by atoms with Crippen LogP contribution in [0.2, 0.25) is 0 Å². The van der Waals surface area contributed by atoms with Gasteiger partial charge in [-0.25, -0.2) is 0 Å². The molecular weight excluding hydrogens is 316 g/mol. The lowest BCUT2D eigenvalue weighted by Gasteiger charge is -2.35. The average Bonchev–Trinajstić information content (AvgIpc) is 2.84. The van der Waals surface area contributed by atoms with Gasteiger partial charge in [0.25, 0.3) is 5.91 Å². The van der Waals surface area contributed by atoms with Gasteiger partial charge in [-0.3, -0.25) is 9.69 Å². The topological polar surface area (TPSA) is 23.6 Å². The molecule has 0 bridgehead atoms. The van der Waals surface area contributed by atoms with Crippen molar-refractivity contribution in [3.8, 4) is 0 Å². The molecule has 1 saturated heterocycles. The number of rotatable bonds is 3. The molecule has 1 fully saturated rings. The Balaban J connectivity index is 1.69. The molecule has 1 aromatic rings. The van der Waals surface area contributed by atoms with Crippen LogP contribution in [-0.2, 0) is 6.42 Å². The van der Waals surface area contributed by atoms with E-state index >= 15 is 0 Å².